The number of rotatable bonds is 8. The van der Waals surface area contributed by atoms with Crippen molar-refractivity contribution in [3.63, 3.8) is 0 Å². The van der Waals surface area contributed by atoms with Crippen molar-refractivity contribution in [1.29, 1.82) is 0 Å². The van der Waals surface area contributed by atoms with Gasteiger partial charge in [0.2, 0.25) is 0 Å². The summed E-state index contributed by atoms with van der Waals surface area (Å²) in [5, 5.41) is 5.96. The lowest BCUT2D eigenvalue weighted by Crippen LogP contribution is -2.27. The molecule has 0 spiro atoms. The van der Waals surface area contributed by atoms with E-state index in [1.54, 1.807) is 0 Å². The van der Waals surface area contributed by atoms with Crippen molar-refractivity contribution in [2.24, 2.45) is 5.92 Å². The van der Waals surface area contributed by atoms with Crippen molar-refractivity contribution in [3.05, 3.63) is 52.7 Å². The van der Waals surface area contributed by atoms with Crippen LogP contribution >= 0.6 is 11.3 Å². The SMILES string of the molecule is CN(CCCNC(c1cccs1)C1CC1)c1ccccc1. The highest BCUT2D eigenvalue weighted by Crippen LogP contribution is 2.42. The van der Waals surface area contributed by atoms with E-state index in [4.69, 9.17) is 0 Å². The zero-order chi connectivity index (χ0) is 14.5. The highest BCUT2D eigenvalue weighted by Gasteiger charge is 2.32. The van der Waals surface area contributed by atoms with Crippen LogP contribution < -0.4 is 10.2 Å². The molecule has 2 aromatic rings. The van der Waals surface area contributed by atoms with Crippen LogP contribution in [0.15, 0.2) is 47.8 Å². The molecule has 1 aromatic heterocycles. The van der Waals surface area contributed by atoms with Crippen LogP contribution in [-0.2, 0) is 0 Å². The lowest BCUT2D eigenvalue weighted by molar-refractivity contribution is 0.482. The van der Waals surface area contributed by atoms with Crippen molar-refractivity contribution in [2.45, 2.75) is 25.3 Å². The highest BCUT2D eigenvalue weighted by atomic mass is 32.1. The van der Waals surface area contributed by atoms with Crippen LogP contribution in [0, 0.1) is 5.92 Å². The van der Waals surface area contributed by atoms with E-state index in [1.807, 2.05) is 11.3 Å². The number of hydrogen-bond donors (Lipinski definition) is 1. The molecule has 3 heteroatoms. The second-order valence-electron chi connectivity index (χ2n) is 5.90. The standard InChI is InChI=1S/C18H24N2S/c1-20(16-7-3-2-4-8-16)13-6-12-19-18(15-10-11-15)17-9-5-14-21-17/h2-5,7-9,14-15,18-19H,6,10-13H2,1H3. The topological polar surface area (TPSA) is 15.3 Å². The van der Waals surface area contributed by atoms with Crippen LogP contribution in [0.25, 0.3) is 0 Å². The van der Waals surface area contributed by atoms with Gasteiger partial charge in [-0.05, 0) is 55.3 Å². The van der Waals surface area contributed by atoms with Crippen molar-refractivity contribution in [3.8, 4) is 0 Å². The number of anilines is 1. The van der Waals surface area contributed by atoms with Crippen molar-refractivity contribution >= 4 is 17.0 Å². The van der Waals surface area contributed by atoms with Crippen molar-refractivity contribution in [1.82, 2.24) is 5.32 Å². The molecule has 1 N–H and O–H groups in total. The third-order valence-electron chi connectivity index (χ3n) is 4.17. The molecule has 0 radical (unpaired) electrons. The number of nitrogens with zero attached hydrogens (tertiary/aromatic N) is 1. The molecule has 21 heavy (non-hydrogen) atoms. The molecule has 1 aliphatic carbocycles. The minimum atomic E-state index is 0.590. The Morgan fingerprint density at radius 1 is 1.19 bits per heavy atom. The minimum absolute atomic E-state index is 0.590. The summed E-state index contributed by atoms with van der Waals surface area (Å²) in [6.07, 6.45) is 3.96. The molecule has 0 amide bonds. The van der Waals surface area contributed by atoms with Gasteiger partial charge < -0.3 is 10.2 Å². The number of benzene rings is 1. The zero-order valence-electron chi connectivity index (χ0n) is 12.7. The summed E-state index contributed by atoms with van der Waals surface area (Å²) in [6, 6.07) is 15.6. The third-order valence-corrected chi connectivity index (χ3v) is 5.13. The normalized spacial score (nSPS) is 15.9. The van der Waals surface area contributed by atoms with Gasteiger partial charge in [-0.25, -0.2) is 0 Å². The molecule has 1 aliphatic rings. The van der Waals surface area contributed by atoms with Crippen LogP contribution in [0.3, 0.4) is 0 Å². The lowest BCUT2D eigenvalue weighted by Gasteiger charge is -2.21. The molecule has 0 bridgehead atoms. The lowest BCUT2D eigenvalue weighted by atomic mass is 10.1. The molecule has 1 aromatic carbocycles. The van der Waals surface area contributed by atoms with E-state index >= 15 is 0 Å². The van der Waals surface area contributed by atoms with Gasteiger partial charge in [-0.15, -0.1) is 11.3 Å². The fourth-order valence-electron chi connectivity index (χ4n) is 2.78. The second kappa shape index (κ2) is 7.10. The average Bonchev–Trinajstić information content (AvgIpc) is 3.22. The molecule has 1 unspecified atom stereocenters. The van der Waals surface area contributed by atoms with Gasteiger partial charge in [0.1, 0.15) is 0 Å². The zero-order valence-corrected chi connectivity index (χ0v) is 13.5. The van der Waals surface area contributed by atoms with E-state index in [9.17, 15) is 0 Å². The average molecular weight is 300 g/mol. The molecule has 112 valence electrons. The largest absolute Gasteiger partial charge is 0.375 e. The molecule has 1 saturated carbocycles. The Kier molecular flexibility index (Phi) is 4.94. The maximum atomic E-state index is 3.77. The maximum absolute atomic E-state index is 3.77. The number of hydrogen-bond acceptors (Lipinski definition) is 3. The first-order valence-electron chi connectivity index (χ1n) is 7.87. The van der Waals surface area contributed by atoms with Gasteiger partial charge in [0.15, 0.2) is 0 Å². The Balaban J connectivity index is 1.43. The summed E-state index contributed by atoms with van der Waals surface area (Å²) >= 11 is 1.89. The first-order chi connectivity index (χ1) is 10.3. The highest BCUT2D eigenvalue weighted by molar-refractivity contribution is 7.10. The molecule has 1 fully saturated rings. The Morgan fingerprint density at radius 3 is 2.67 bits per heavy atom. The van der Waals surface area contributed by atoms with E-state index < -0.39 is 0 Å². The van der Waals surface area contributed by atoms with Crippen molar-refractivity contribution < 1.29 is 0 Å². The maximum Gasteiger partial charge on any atom is 0.0443 e. The molecule has 1 heterocycles. The Bertz CT molecular complexity index is 519. The molecular formula is C18H24N2S. The van der Waals surface area contributed by atoms with Crippen LogP contribution in [0.2, 0.25) is 0 Å². The summed E-state index contributed by atoms with van der Waals surface area (Å²) < 4.78 is 0. The van der Waals surface area contributed by atoms with E-state index in [1.165, 1.54) is 29.8 Å². The molecule has 0 aliphatic heterocycles. The van der Waals surface area contributed by atoms with Gasteiger partial charge in [-0.1, -0.05) is 24.3 Å². The number of thiophene rings is 1. The third kappa shape index (κ3) is 4.08. The summed E-state index contributed by atoms with van der Waals surface area (Å²) in [6.45, 7) is 2.19. The van der Waals surface area contributed by atoms with Gasteiger partial charge in [0.05, 0.1) is 0 Å². The number of para-hydroxylation sites is 1. The fourth-order valence-corrected chi connectivity index (χ4v) is 3.68. The van der Waals surface area contributed by atoms with E-state index in [0.29, 0.717) is 6.04 Å². The first-order valence-corrected chi connectivity index (χ1v) is 8.75. The van der Waals surface area contributed by atoms with Gasteiger partial charge in [0, 0.05) is 30.2 Å². The summed E-state index contributed by atoms with van der Waals surface area (Å²) in [5.41, 5.74) is 1.30. The molecule has 3 rings (SSSR count). The van der Waals surface area contributed by atoms with Gasteiger partial charge >= 0.3 is 0 Å². The predicted octanol–water partition coefficient (Wildman–Crippen LogP) is 4.32. The molecule has 2 nitrogen and oxygen atoms in total. The Hall–Kier alpha value is -1.32. The summed E-state index contributed by atoms with van der Waals surface area (Å²) in [4.78, 5) is 3.84. The van der Waals surface area contributed by atoms with Crippen LogP contribution in [0.1, 0.15) is 30.2 Å². The second-order valence-corrected chi connectivity index (χ2v) is 6.87. The van der Waals surface area contributed by atoms with Crippen LogP contribution in [0.5, 0.6) is 0 Å². The number of nitrogens with one attached hydrogen (secondary N) is 1. The van der Waals surface area contributed by atoms with Gasteiger partial charge in [-0.3, -0.25) is 0 Å². The smallest absolute Gasteiger partial charge is 0.0443 e. The molecule has 1 atom stereocenters. The van der Waals surface area contributed by atoms with Gasteiger partial charge in [0.25, 0.3) is 0 Å². The molecule has 0 saturated heterocycles. The minimum Gasteiger partial charge on any atom is -0.375 e. The van der Waals surface area contributed by atoms with E-state index in [0.717, 1.165) is 19.0 Å². The van der Waals surface area contributed by atoms with Crippen molar-refractivity contribution in [2.75, 3.05) is 25.0 Å². The predicted molar refractivity (Wildman–Crippen MR) is 92.1 cm³/mol. The fraction of sp³-hybridized carbons (Fsp3) is 0.444. The first kappa shape index (κ1) is 14.6. The van der Waals surface area contributed by atoms with Gasteiger partial charge in [-0.2, -0.15) is 0 Å². The summed E-state index contributed by atoms with van der Waals surface area (Å²) in [5.74, 6) is 0.871. The Morgan fingerprint density at radius 2 is 2.00 bits per heavy atom. The van der Waals surface area contributed by atoms with E-state index in [-0.39, 0.29) is 0 Å². The van der Waals surface area contributed by atoms with Crippen LogP contribution in [-0.4, -0.2) is 20.1 Å². The quantitative estimate of drug-likeness (QED) is 0.731. The Labute approximate surface area is 131 Å². The van der Waals surface area contributed by atoms with E-state index in [2.05, 4.69) is 65.1 Å². The summed E-state index contributed by atoms with van der Waals surface area (Å²) in [7, 11) is 2.17. The van der Waals surface area contributed by atoms with Crippen LogP contribution in [0.4, 0.5) is 5.69 Å². The molecular weight excluding hydrogens is 276 g/mol. The monoisotopic (exact) mass is 300 g/mol.